The van der Waals surface area contributed by atoms with E-state index in [1.54, 1.807) is 0 Å². The van der Waals surface area contributed by atoms with Crippen molar-refractivity contribution in [3.63, 3.8) is 0 Å². The highest BCUT2D eigenvalue weighted by Crippen LogP contribution is 2.33. The van der Waals surface area contributed by atoms with E-state index in [0.717, 1.165) is 5.75 Å². The van der Waals surface area contributed by atoms with Crippen LogP contribution in [0.25, 0.3) is 0 Å². The van der Waals surface area contributed by atoms with Gasteiger partial charge in [-0.05, 0) is 35.2 Å². The van der Waals surface area contributed by atoms with Gasteiger partial charge in [-0.25, -0.2) is 0 Å². The third-order valence-corrected chi connectivity index (χ3v) is 4.60. The molecule has 1 aliphatic heterocycles. The summed E-state index contributed by atoms with van der Waals surface area (Å²) in [6.45, 7) is 10.1. The zero-order valence-electron chi connectivity index (χ0n) is 18.1. The van der Waals surface area contributed by atoms with Gasteiger partial charge in [-0.3, -0.25) is 0 Å². The Morgan fingerprint density at radius 2 is 0.967 bits per heavy atom. The Morgan fingerprint density at radius 3 is 1.43 bits per heavy atom. The quantitative estimate of drug-likeness (QED) is 0.640. The van der Waals surface area contributed by atoms with Crippen molar-refractivity contribution in [3.05, 3.63) is 48.0 Å². The van der Waals surface area contributed by atoms with Crippen molar-refractivity contribution in [2.45, 2.75) is 26.2 Å². The van der Waals surface area contributed by atoms with Crippen molar-refractivity contribution in [2.75, 3.05) is 52.9 Å². The molecule has 164 valence electrons. The van der Waals surface area contributed by atoms with Crippen LogP contribution in [0.3, 0.4) is 0 Å². The van der Waals surface area contributed by atoms with Gasteiger partial charge >= 0.3 is 0 Å². The van der Waals surface area contributed by atoms with Gasteiger partial charge in [0.05, 0.1) is 26.4 Å². The third-order valence-electron chi connectivity index (χ3n) is 4.60. The first-order chi connectivity index (χ1) is 14.5. The van der Waals surface area contributed by atoms with Crippen LogP contribution in [0.1, 0.15) is 26.3 Å². The molecule has 2 aromatic carbocycles. The highest BCUT2D eigenvalue weighted by atomic mass is 16.6. The summed E-state index contributed by atoms with van der Waals surface area (Å²) in [6.07, 6.45) is 0. The molecule has 0 unspecified atom stereocenters. The molecule has 6 nitrogen and oxygen atoms in total. The predicted octanol–water partition coefficient (Wildman–Crippen LogP) is 4.25. The highest BCUT2D eigenvalue weighted by molar-refractivity contribution is 5.45. The largest absolute Gasteiger partial charge is 0.487 e. The first-order valence-corrected chi connectivity index (χ1v) is 10.4. The van der Waals surface area contributed by atoms with E-state index in [2.05, 4.69) is 26.8 Å². The Balaban J connectivity index is 1.63. The lowest BCUT2D eigenvalue weighted by atomic mass is 9.87. The van der Waals surface area contributed by atoms with Gasteiger partial charge in [0.2, 0.25) is 0 Å². The molecule has 2 aromatic rings. The lowest BCUT2D eigenvalue weighted by Gasteiger charge is -2.21. The van der Waals surface area contributed by atoms with Gasteiger partial charge in [0.25, 0.3) is 0 Å². The zero-order valence-corrected chi connectivity index (χ0v) is 18.1. The molecule has 0 spiro atoms. The second-order valence-corrected chi connectivity index (χ2v) is 7.98. The topological polar surface area (TPSA) is 55.4 Å². The molecule has 0 aromatic heterocycles. The lowest BCUT2D eigenvalue weighted by Crippen LogP contribution is -2.16. The molecule has 1 heterocycles. The molecule has 0 atom stereocenters. The van der Waals surface area contributed by atoms with Crippen LogP contribution in [0.15, 0.2) is 42.5 Å². The van der Waals surface area contributed by atoms with Crippen LogP contribution < -0.4 is 18.9 Å². The van der Waals surface area contributed by atoms with Crippen LogP contribution in [0, 0.1) is 0 Å². The van der Waals surface area contributed by atoms with Crippen molar-refractivity contribution in [1.29, 1.82) is 0 Å². The van der Waals surface area contributed by atoms with Gasteiger partial charge in [0, 0.05) is 0 Å². The van der Waals surface area contributed by atoms with E-state index in [1.165, 1.54) is 5.56 Å². The summed E-state index contributed by atoms with van der Waals surface area (Å²) in [4.78, 5) is 0. The second-order valence-electron chi connectivity index (χ2n) is 7.98. The average molecular weight is 417 g/mol. The molecule has 0 aliphatic carbocycles. The minimum absolute atomic E-state index is 0.0254. The maximum Gasteiger partial charge on any atom is 0.161 e. The van der Waals surface area contributed by atoms with Crippen molar-refractivity contribution in [1.82, 2.24) is 0 Å². The average Bonchev–Trinajstić information content (AvgIpc) is 2.72. The number of fused-ring (bicyclic) bond motifs is 2. The zero-order chi connectivity index (χ0) is 21.2. The van der Waals surface area contributed by atoms with E-state index < -0.39 is 0 Å². The number of benzene rings is 2. The van der Waals surface area contributed by atoms with Crippen LogP contribution in [-0.4, -0.2) is 52.9 Å². The molecule has 0 bridgehead atoms. The Kier molecular flexibility index (Phi) is 8.22. The van der Waals surface area contributed by atoms with Gasteiger partial charge < -0.3 is 28.4 Å². The predicted molar refractivity (Wildman–Crippen MR) is 115 cm³/mol. The molecule has 0 radical (unpaired) electrons. The molecule has 6 heteroatoms. The van der Waals surface area contributed by atoms with Crippen molar-refractivity contribution in [3.8, 4) is 23.0 Å². The van der Waals surface area contributed by atoms with Crippen molar-refractivity contribution in [2.24, 2.45) is 0 Å². The standard InChI is InChI=1S/C24H32O6/c1-24(2,3)19-8-9-22-23(18-19)30-17-13-26-11-15-28-21-7-5-4-6-20(21)27-14-10-25-12-16-29-22/h4-9,18H,10-17H2,1-3H3. The van der Waals surface area contributed by atoms with Gasteiger partial charge in [-0.1, -0.05) is 39.0 Å². The Labute approximate surface area is 179 Å². The molecule has 0 saturated heterocycles. The normalized spacial score (nSPS) is 16.9. The number of hydrogen-bond donors (Lipinski definition) is 0. The van der Waals surface area contributed by atoms with Crippen molar-refractivity contribution < 1.29 is 28.4 Å². The molecule has 0 N–H and O–H groups in total. The Bertz CT molecular complexity index is 784. The SMILES string of the molecule is CC(C)(C)c1ccc2c(c1)OCCOCCOc1ccccc1OCCOCCO2. The van der Waals surface area contributed by atoms with E-state index in [1.807, 2.05) is 36.4 Å². The van der Waals surface area contributed by atoms with Gasteiger partial charge in [0.1, 0.15) is 26.4 Å². The van der Waals surface area contributed by atoms with E-state index in [4.69, 9.17) is 28.4 Å². The number of para-hydroxylation sites is 2. The summed E-state index contributed by atoms with van der Waals surface area (Å²) >= 11 is 0. The van der Waals surface area contributed by atoms with E-state index in [0.29, 0.717) is 70.1 Å². The molecular weight excluding hydrogens is 384 g/mol. The second kappa shape index (κ2) is 11.1. The summed E-state index contributed by atoms with van der Waals surface area (Å²) in [5, 5.41) is 0. The molecule has 1 aliphatic rings. The first-order valence-electron chi connectivity index (χ1n) is 10.4. The molecule has 0 saturated carbocycles. The number of hydrogen-bond acceptors (Lipinski definition) is 6. The van der Waals surface area contributed by atoms with Crippen LogP contribution >= 0.6 is 0 Å². The summed E-state index contributed by atoms with van der Waals surface area (Å²) < 4.78 is 34.7. The summed E-state index contributed by atoms with van der Waals surface area (Å²) in [5.74, 6) is 2.83. The minimum Gasteiger partial charge on any atom is -0.487 e. The van der Waals surface area contributed by atoms with Crippen LogP contribution in [0.4, 0.5) is 0 Å². The van der Waals surface area contributed by atoms with E-state index >= 15 is 0 Å². The maximum absolute atomic E-state index is 5.97. The van der Waals surface area contributed by atoms with Crippen molar-refractivity contribution >= 4 is 0 Å². The minimum atomic E-state index is 0.0254. The van der Waals surface area contributed by atoms with Gasteiger partial charge in [-0.15, -0.1) is 0 Å². The van der Waals surface area contributed by atoms with Gasteiger partial charge in [0.15, 0.2) is 23.0 Å². The molecule has 3 rings (SSSR count). The van der Waals surface area contributed by atoms with Crippen LogP contribution in [0.2, 0.25) is 0 Å². The molecular formula is C24H32O6. The smallest absolute Gasteiger partial charge is 0.161 e. The maximum atomic E-state index is 5.97. The van der Waals surface area contributed by atoms with Crippen LogP contribution in [0.5, 0.6) is 23.0 Å². The summed E-state index contributed by atoms with van der Waals surface area (Å²) in [5.41, 5.74) is 1.21. The fraction of sp³-hybridized carbons (Fsp3) is 0.500. The third kappa shape index (κ3) is 6.82. The first kappa shape index (κ1) is 22.2. The molecule has 0 fully saturated rings. The fourth-order valence-electron chi connectivity index (χ4n) is 2.94. The lowest BCUT2D eigenvalue weighted by molar-refractivity contribution is 0.0640. The summed E-state index contributed by atoms with van der Waals surface area (Å²) in [7, 11) is 0. The summed E-state index contributed by atoms with van der Waals surface area (Å²) in [6, 6.07) is 13.7. The van der Waals surface area contributed by atoms with Gasteiger partial charge in [-0.2, -0.15) is 0 Å². The number of rotatable bonds is 0. The van der Waals surface area contributed by atoms with E-state index in [9.17, 15) is 0 Å². The van der Waals surface area contributed by atoms with Crippen LogP contribution in [-0.2, 0) is 14.9 Å². The Morgan fingerprint density at radius 1 is 0.533 bits per heavy atom. The van der Waals surface area contributed by atoms with E-state index in [-0.39, 0.29) is 5.41 Å². The highest BCUT2D eigenvalue weighted by Gasteiger charge is 2.17. The number of ether oxygens (including phenoxy) is 6. The fourth-order valence-corrected chi connectivity index (χ4v) is 2.94. The monoisotopic (exact) mass is 416 g/mol. The molecule has 30 heavy (non-hydrogen) atoms. The Hall–Kier alpha value is -2.44. The molecule has 0 amide bonds.